The molecule has 3 heterocycles. The lowest BCUT2D eigenvalue weighted by Crippen LogP contribution is -2.49. The average Bonchev–Trinajstić information content (AvgIpc) is 3.45. The summed E-state index contributed by atoms with van der Waals surface area (Å²) in [6, 6.07) is 3.50. The van der Waals surface area contributed by atoms with Crippen molar-refractivity contribution >= 4 is 11.7 Å². The lowest BCUT2D eigenvalue weighted by Gasteiger charge is -2.40. The third kappa shape index (κ3) is 3.63. The van der Waals surface area contributed by atoms with Gasteiger partial charge in [-0.3, -0.25) is 4.79 Å². The molecule has 0 radical (unpaired) electrons. The molecule has 26 heavy (non-hydrogen) atoms. The van der Waals surface area contributed by atoms with E-state index in [0.717, 1.165) is 44.7 Å². The van der Waals surface area contributed by atoms with E-state index in [9.17, 15) is 4.79 Å². The molecule has 2 aliphatic heterocycles. The molecule has 0 aromatic carbocycles. The van der Waals surface area contributed by atoms with Crippen LogP contribution in [0.5, 0.6) is 5.88 Å². The third-order valence-corrected chi connectivity index (χ3v) is 6.09. The van der Waals surface area contributed by atoms with E-state index in [1.165, 1.54) is 12.8 Å². The number of likely N-dealkylation sites (tertiary alicyclic amines) is 2. The summed E-state index contributed by atoms with van der Waals surface area (Å²) in [6.45, 7) is 3.20. The second-order valence-electron chi connectivity index (χ2n) is 7.79. The van der Waals surface area contributed by atoms with Gasteiger partial charge in [0.25, 0.3) is 0 Å². The first-order chi connectivity index (χ1) is 12.7. The van der Waals surface area contributed by atoms with Crippen molar-refractivity contribution in [2.45, 2.75) is 56.7 Å². The molecule has 0 bridgehead atoms. The van der Waals surface area contributed by atoms with Crippen molar-refractivity contribution in [1.82, 2.24) is 19.8 Å². The summed E-state index contributed by atoms with van der Waals surface area (Å²) in [6.07, 6.45) is 8.11. The lowest BCUT2D eigenvalue weighted by molar-refractivity contribution is -0.127. The zero-order chi connectivity index (χ0) is 18.1. The second-order valence-corrected chi connectivity index (χ2v) is 7.79. The van der Waals surface area contributed by atoms with E-state index in [-0.39, 0.29) is 0 Å². The molecule has 1 saturated carbocycles. The Morgan fingerprint density at radius 3 is 2.50 bits per heavy atom. The van der Waals surface area contributed by atoms with Gasteiger partial charge in [-0.1, -0.05) is 0 Å². The molecule has 1 unspecified atom stereocenters. The minimum atomic E-state index is 0.294. The molecule has 1 atom stereocenters. The van der Waals surface area contributed by atoms with Crippen LogP contribution >= 0.6 is 0 Å². The first kappa shape index (κ1) is 17.5. The lowest BCUT2D eigenvalue weighted by atomic mass is 10.0. The van der Waals surface area contributed by atoms with Gasteiger partial charge in [-0.25, -0.2) is 9.97 Å². The van der Waals surface area contributed by atoms with Gasteiger partial charge < -0.3 is 19.4 Å². The van der Waals surface area contributed by atoms with Crippen molar-refractivity contribution in [2.75, 3.05) is 38.7 Å². The number of likely N-dealkylation sites (N-methyl/N-ethyl adjacent to an activating group) is 1. The van der Waals surface area contributed by atoms with Crippen LogP contribution in [-0.4, -0.2) is 77.6 Å². The highest BCUT2D eigenvalue weighted by Gasteiger charge is 2.37. The topological polar surface area (TPSA) is 61.8 Å². The number of hydrogen-bond donors (Lipinski definition) is 0. The molecule has 7 heteroatoms. The first-order valence-corrected chi connectivity index (χ1v) is 9.78. The zero-order valence-corrected chi connectivity index (χ0v) is 15.8. The van der Waals surface area contributed by atoms with E-state index >= 15 is 0 Å². The summed E-state index contributed by atoms with van der Waals surface area (Å²) in [5.41, 5.74) is 0. The maximum Gasteiger partial charge on any atom is 0.222 e. The van der Waals surface area contributed by atoms with Crippen LogP contribution in [0, 0.1) is 0 Å². The smallest absolute Gasteiger partial charge is 0.222 e. The number of methoxy groups -OCH3 is 1. The summed E-state index contributed by atoms with van der Waals surface area (Å²) in [7, 11) is 3.60. The molecule has 3 fully saturated rings. The van der Waals surface area contributed by atoms with E-state index < -0.39 is 0 Å². The Kier molecular flexibility index (Phi) is 4.98. The molecular formula is C19H29N5O2. The van der Waals surface area contributed by atoms with Crippen LogP contribution < -0.4 is 9.64 Å². The van der Waals surface area contributed by atoms with Crippen LogP contribution in [0.1, 0.15) is 38.5 Å². The van der Waals surface area contributed by atoms with Crippen LogP contribution in [0.15, 0.2) is 12.4 Å². The van der Waals surface area contributed by atoms with Gasteiger partial charge >= 0.3 is 0 Å². The van der Waals surface area contributed by atoms with Gasteiger partial charge in [0.2, 0.25) is 11.8 Å². The zero-order valence-electron chi connectivity index (χ0n) is 15.8. The van der Waals surface area contributed by atoms with Gasteiger partial charge in [-0.2, -0.15) is 0 Å². The highest BCUT2D eigenvalue weighted by atomic mass is 16.5. The third-order valence-electron chi connectivity index (χ3n) is 6.09. The summed E-state index contributed by atoms with van der Waals surface area (Å²) in [5.74, 6) is 1.92. The van der Waals surface area contributed by atoms with Gasteiger partial charge in [0, 0.05) is 57.3 Å². The van der Waals surface area contributed by atoms with E-state index in [1.807, 2.05) is 18.0 Å². The summed E-state index contributed by atoms with van der Waals surface area (Å²) < 4.78 is 5.28. The van der Waals surface area contributed by atoms with Gasteiger partial charge in [-0.15, -0.1) is 0 Å². The molecular weight excluding hydrogens is 330 g/mol. The van der Waals surface area contributed by atoms with Crippen molar-refractivity contribution in [1.29, 1.82) is 0 Å². The van der Waals surface area contributed by atoms with Crippen molar-refractivity contribution in [3.05, 3.63) is 12.4 Å². The van der Waals surface area contributed by atoms with Crippen molar-refractivity contribution in [3.63, 3.8) is 0 Å². The Balaban J connectivity index is 1.37. The molecule has 4 rings (SSSR count). The maximum atomic E-state index is 11.7. The number of nitrogens with zero attached hydrogens (tertiary/aromatic N) is 5. The number of carbonyl (C=O) groups is 1. The number of hydrogen-bond acceptors (Lipinski definition) is 6. The summed E-state index contributed by atoms with van der Waals surface area (Å²) >= 11 is 0. The SMILES string of the molecule is COc1cc(N(C2CC2)C2CCN(CC3CCC(=O)N3C)CC2)ncn1. The standard InChI is InChI=1S/C19H29N5O2/c1-22-16(5-6-19(22)25)12-23-9-7-15(8-10-23)24(14-3-4-14)17-11-18(26-2)21-13-20-17/h11,13-16H,3-10,12H2,1-2H3. The number of ether oxygens (including phenoxy) is 1. The molecule has 1 aromatic heterocycles. The number of carbonyl (C=O) groups excluding carboxylic acids is 1. The molecule has 0 spiro atoms. The molecule has 1 amide bonds. The summed E-state index contributed by atoms with van der Waals surface area (Å²) in [4.78, 5) is 27.4. The number of anilines is 1. The van der Waals surface area contributed by atoms with E-state index in [1.54, 1.807) is 13.4 Å². The highest BCUT2D eigenvalue weighted by molar-refractivity contribution is 5.78. The number of rotatable bonds is 6. The van der Waals surface area contributed by atoms with Crippen molar-refractivity contribution < 1.29 is 9.53 Å². The monoisotopic (exact) mass is 359 g/mol. The maximum absolute atomic E-state index is 11.7. The molecule has 1 aromatic rings. The Morgan fingerprint density at radius 1 is 1.15 bits per heavy atom. The number of aromatic nitrogens is 2. The van der Waals surface area contributed by atoms with Crippen LogP contribution in [-0.2, 0) is 4.79 Å². The molecule has 1 aliphatic carbocycles. The van der Waals surface area contributed by atoms with Crippen LogP contribution in [0.4, 0.5) is 5.82 Å². The average molecular weight is 359 g/mol. The van der Waals surface area contributed by atoms with Crippen LogP contribution in [0.3, 0.4) is 0 Å². The molecule has 2 saturated heterocycles. The van der Waals surface area contributed by atoms with Gasteiger partial charge in [0.1, 0.15) is 12.1 Å². The molecule has 3 aliphatic rings. The van der Waals surface area contributed by atoms with Crippen LogP contribution in [0.25, 0.3) is 0 Å². The van der Waals surface area contributed by atoms with Crippen molar-refractivity contribution in [2.24, 2.45) is 0 Å². The van der Waals surface area contributed by atoms with E-state index in [2.05, 4.69) is 19.8 Å². The van der Waals surface area contributed by atoms with Gasteiger partial charge in [0.15, 0.2) is 0 Å². The Labute approximate surface area is 155 Å². The normalized spacial score (nSPS) is 24.9. The number of amides is 1. The first-order valence-electron chi connectivity index (χ1n) is 9.78. The second kappa shape index (κ2) is 7.39. The van der Waals surface area contributed by atoms with Crippen LogP contribution in [0.2, 0.25) is 0 Å². The predicted molar refractivity (Wildman–Crippen MR) is 99.3 cm³/mol. The van der Waals surface area contributed by atoms with Gasteiger partial charge in [0.05, 0.1) is 7.11 Å². The highest BCUT2D eigenvalue weighted by Crippen LogP contribution is 2.36. The Morgan fingerprint density at radius 2 is 1.88 bits per heavy atom. The largest absolute Gasteiger partial charge is 0.481 e. The molecule has 7 nitrogen and oxygen atoms in total. The minimum Gasteiger partial charge on any atom is -0.481 e. The number of piperidine rings is 1. The van der Waals surface area contributed by atoms with Gasteiger partial charge in [-0.05, 0) is 32.1 Å². The van der Waals surface area contributed by atoms with E-state index in [4.69, 9.17) is 4.74 Å². The fraction of sp³-hybridized carbons (Fsp3) is 0.737. The fourth-order valence-corrected chi connectivity index (χ4v) is 4.36. The molecule has 0 N–H and O–H groups in total. The van der Waals surface area contributed by atoms with E-state index in [0.29, 0.717) is 36.3 Å². The Hall–Kier alpha value is -1.89. The quantitative estimate of drug-likeness (QED) is 0.768. The minimum absolute atomic E-state index is 0.294. The Bertz CT molecular complexity index is 643. The summed E-state index contributed by atoms with van der Waals surface area (Å²) in [5, 5.41) is 0. The molecule has 142 valence electrons. The van der Waals surface area contributed by atoms with Crippen molar-refractivity contribution in [3.8, 4) is 5.88 Å². The predicted octanol–water partition coefficient (Wildman–Crippen LogP) is 1.54. The fourth-order valence-electron chi connectivity index (χ4n) is 4.36.